The molecule has 0 bridgehead atoms. The summed E-state index contributed by atoms with van der Waals surface area (Å²) in [6.45, 7) is 0. The second-order valence-electron chi connectivity index (χ2n) is 4.68. The van der Waals surface area contributed by atoms with E-state index in [0.717, 1.165) is 29.9 Å². The highest BCUT2D eigenvalue weighted by atomic mass is 79.9. The molecule has 2 aromatic carbocycles. The molecular weight excluding hydrogens is 448 g/mol. The summed E-state index contributed by atoms with van der Waals surface area (Å²) in [6, 6.07) is 11.6. The van der Waals surface area contributed by atoms with Crippen LogP contribution in [0.15, 0.2) is 55.1 Å². The van der Waals surface area contributed by atoms with Gasteiger partial charge in [0, 0.05) is 29.9 Å². The van der Waals surface area contributed by atoms with Crippen LogP contribution >= 0.6 is 55.4 Å². The molecular formula is C16H10Br2O2S2. The van der Waals surface area contributed by atoms with Gasteiger partial charge in [-0.3, -0.25) is 9.59 Å². The third kappa shape index (κ3) is 3.35. The summed E-state index contributed by atoms with van der Waals surface area (Å²) in [5, 5.41) is 0. The summed E-state index contributed by atoms with van der Waals surface area (Å²) in [7, 11) is 0. The average molecular weight is 458 g/mol. The molecule has 2 aliphatic heterocycles. The number of hydrogen-bond donors (Lipinski definition) is 0. The van der Waals surface area contributed by atoms with Crippen molar-refractivity contribution in [1.29, 1.82) is 0 Å². The van der Waals surface area contributed by atoms with E-state index in [2.05, 4.69) is 31.9 Å². The summed E-state index contributed by atoms with van der Waals surface area (Å²) < 4.78 is 1.96. The van der Waals surface area contributed by atoms with Crippen molar-refractivity contribution in [3.63, 3.8) is 0 Å². The fourth-order valence-corrected chi connectivity index (χ4v) is 5.37. The highest BCUT2D eigenvalue weighted by Gasteiger charge is 2.22. The zero-order valence-corrected chi connectivity index (χ0v) is 16.1. The Labute approximate surface area is 153 Å². The summed E-state index contributed by atoms with van der Waals surface area (Å²) >= 11 is 9.93. The molecule has 4 rings (SSSR count). The minimum atomic E-state index is 0.234. The first kappa shape index (κ1) is 16.3. The number of benzene rings is 2. The standard InChI is InChI=1S/2C8H5BrOS/c9-5-1-2-6-7(10)4-11-8(6)3-5;9-5-2-1-3-7-8(5)6(10)4-11-7/h2*1-3H,4H2. The molecule has 2 nitrogen and oxygen atoms in total. The predicted octanol–water partition coefficient (Wildman–Crippen LogP) is 5.48. The van der Waals surface area contributed by atoms with Crippen molar-refractivity contribution in [3.05, 3.63) is 56.5 Å². The molecule has 2 heterocycles. The molecule has 0 radical (unpaired) electrons. The van der Waals surface area contributed by atoms with Gasteiger partial charge in [0.05, 0.1) is 11.5 Å². The number of halogens is 2. The van der Waals surface area contributed by atoms with Crippen molar-refractivity contribution in [1.82, 2.24) is 0 Å². The van der Waals surface area contributed by atoms with E-state index in [1.165, 1.54) is 0 Å². The Hall–Kier alpha value is -0.560. The maximum Gasteiger partial charge on any atom is 0.175 e. The van der Waals surface area contributed by atoms with E-state index in [4.69, 9.17) is 0 Å². The van der Waals surface area contributed by atoms with Gasteiger partial charge in [-0.1, -0.05) is 37.9 Å². The van der Waals surface area contributed by atoms with Crippen molar-refractivity contribution in [2.75, 3.05) is 11.5 Å². The molecule has 0 fully saturated rings. The van der Waals surface area contributed by atoms with Crippen molar-refractivity contribution in [3.8, 4) is 0 Å². The third-order valence-corrected chi connectivity index (χ3v) is 6.48. The number of ketones is 2. The van der Waals surface area contributed by atoms with Crippen molar-refractivity contribution in [2.24, 2.45) is 0 Å². The largest absolute Gasteiger partial charge is 0.293 e. The van der Waals surface area contributed by atoms with E-state index in [-0.39, 0.29) is 11.6 Å². The van der Waals surface area contributed by atoms with Gasteiger partial charge in [-0.25, -0.2) is 0 Å². The molecule has 0 N–H and O–H groups in total. The maximum absolute atomic E-state index is 11.2. The van der Waals surface area contributed by atoms with Crippen molar-refractivity contribution in [2.45, 2.75) is 9.79 Å². The van der Waals surface area contributed by atoms with Gasteiger partial charge in [0.25, 0.3) is 0 Å². The lowest BCUT2D eigenvalue weighted by Crippen LogP contribution is -1.95. The van der Waals surface area contributed by atoms with Crippen LogP contribution in [-0.4, -0.2) is 23.1 Å². The quantitative estimate of drug-likeness (QED) is 0.524. The Morgan fingerprint density at radius 1 is 0.864 bits per heavy atom. The lowest BCUT2D eigenvalue weighted by molar-refractivity contribution is 0.101. The van der Waals surface area contributed by atoms with Crippen LogP contribution in [0.3, 0.4) is 0 Å². The summed E-state index contributed by atoms with van der Waals surface area (Å²) in [5.74, 6) is 1.68. The fraction of sp³-hybridized carbons (Fsp3) is 0.125. The molecule has 2 aromatic rings. The molecule has 6 heteroatoms. The Morgan fingerprint density at radius 2 is 1.59 bits per heavy atom. The summed E-state index contributed by atoms with van der Waals surface area (Å²) in [5.41, 5.74) is 1.73. The predicted molar refractivity (Wildman–Crippen MR) is 98.4 cm³/mol. The third-order valence-electron chi connectivity index (χ3n) is 3.22. The summed E-state index contributed by atoms with van der Waals surface area (Å²) in [6.07, 6.45) is 0. The molecule has 22 heavy (non-hydrogen) atoms. The number of carbonyl (C=O) groups is 2. The number of thioether (sulfide) groups is 2. The number of fused-ring (bicyclic) bond motifs is 2. The first-order chi connectivity index (χ1) is 10.6. The van der Waals surface area contributed by atoms with Crippen LogP contribution < -0.4 is 0 Å². The maximum atomic E-state index is 11.2. The Bertz CT molecular complexity index is 775. The van der Waals surface area contributed by atoms with E-state index >= 15 is 0 Å². The van der Waals surface area contributed by atoms with Crippen molar-refractivity contribution < 1.29 is 9.59 Å². The molecule has 0 atom stereocenters. The second kappa shape index (κ2) is 6.91. The lowest BCUT2D eigenvalue weighted by Gasteiger charge is -1.96. The van der Waals surface area contributed by atoms with E-state index < -0.39 is 0 Å². The molecule has 2 aliphatic rings. The normalized spacial score (nSPS) is 15.2. The van der Waals surface area contributed by atoms with E-state index in [1.807, 2.05) is 36.4 Å². The van der Waals surface area contributed by atoms with Crippen LogP contribution in [0.4, 0.5) is 0 Å². The summed E-state index contributed by atoms with van der Waals surface area (Å²) in [4.78, 5) is 24.6. The number of rotatable bonds is 0. The van der Waals surface area contributed by atoms with Gasteiger partial charge in [0.1, 0.15) is 0 Å². The minimum absolute atomic E-state index is 0.234. The second-order valence-corrected chi connectivity index (χ2v) is 8.48. The number of carbonyl (C=O) groups excluding carboxylic acids is 2. The van der Waals surface area contributed by atoms with E-state index in [0.29, 0.717) is 11.5 Å². The van der Waals surface area contributed by atoms with Gasteiger partial charge in [-0.15, -0.1) is 23.5 Å². The zero-order valence-electron chi connectivity index (χ0n) is 11.3. The van der Waals surface area contributed by atoms with Gasteiger partial charge in [0.2, 0.25) is 0 Å². The molecule has 0 saturated carbocycles. The van der Waals surface area contributed by atoms with Crippen LogP contribution in [0.5, 0.6) is 0 Å². The van der Waals surface area contributed by atoms with E-state index in [1.54, 1.807) is 23.5 Å². The Balaban J connectivity index is 0.000000131. The van der Waals surface area contributed by atoms with Crippen LogP contribution in [0.2, 0.25) is 0 Å². The molecule has 0 aliphatic carbocycles. The van der Waals surface area contributed by atoms with Crippen LogP contribution in [-0.2, 0) is 0 Å². The van der Waals surface area contributed by atoms with Crippen LogP contribution in [0.25, 0.3) is 0 Å². The SMILES string of the molecule is O=C1CSc2cc(Br)ccc21.O=C1CSc2cccc(Br)c21. The molecule has 112 valence electrons. The Kier molecular flexibility index (Phi) is 5.12. The molecule has 0 unspecified atom stereocenters. The average Bonchev–Trinajstić information content (AvgIpc) is 3.05. The zero-order chi connectivity index (χ0) is 15.7. The van der Waals surface area contributed by atoms with E-state index in [9.17, 15) is 9.59 Å². The first-order valence-electron chi connectivity index (χ1n) is 6.46. The molecule has 0 amide bonds. The highest BCUT2D eigenvalue weighted by Crippen LogP contribution is 2.35. The highest BCUT2D eigenvalue weighted by molar-refractivity contribution is 9.10. The number of hydrogen-bond acceptors (Lipinski definition) is 4. The van der Waals surface area contributed by atoms with Gasteiger partial charge in [-0.05, 0) is 30.3 Å². The van der Waals surface area contributed by atoms with Gasteiger partial charge in [0.15, 0.2) is 11.6 Å². The number of Topliss-reactive ketones (excluding diaryl/α,β-unsaturated/α-hetero) is 2. The Morgan fingerprint density at radius 3 is 2.36 bits per heavy atom. The topological polar surface area (TPSA) is 34.1 Å². The minimum Gasteiger partial charge on any atom is -0.293 e. The fourth-order valence-electron chi connectivity index (χ4n) is 2.18. The lowest BCUT2D eigenvalue weighted by atomic mass is 10.2. The monoisotopic (exact) mass is 456 g/mol. The van der Waals surface area contributed by atoms with Crippen LogP contribution in [0.1, 0.15) is 20.7 Å². The van der Waals surface area contributed by atoms with Crippen molar-refractivity contribution >= 4 is 67.0 Å². The van der Waals surface area contributed by atoms with Crippen LogP contribution in [0, 0.1) is 0 Å². The molecule has 0 saturated heterocycles. The van der Waals surface area contributed by atoms with Gasteiger partial charge in [-0.2, -0.15) is 0 Å². The smallest absolute Gasteiger partial charge is 0.175 e. The first-order valence-corrected chi connectivity index (χ1v) is 10.0. The molecule has 0 aromatic heterocycles. The van der Waals surface area contributed by atoms with Gasteiger partial charge < -0.3 is 0 Å². The molecule has 0 spiro atoms. The van der Waals surface area contributed by atoms with Gasteiger partial charge >= 0.3 is 0 Å².